The molecule has 0 unspecified atom stereocenters. The fourth-order valence-electron chi connectivity index (χ4n) is 2.59. The molecule has 0 aromatic carbocycles. The van der Waals surface area contributed by atoms with E-state index in [1.54, 1.807) is 0 Å². The summed E-state index contributed by atoms with van der Waals surface area (Å²) in [5, 5.41) is 3.17. The smallest absolute Gasteiger partial charge is 0.134 e. The molecule has 1 aliphatic carbocycles. The van der Waals surface area contributed by atoms with Gasteiger partial charge in [-0.2, -0.15) is 0 Å². The topological polar surface area (TPSA) is 37.8 Å². The highest BCUT2D eigenvalue weighted by molar-refractivity contribution is 5.45. The van der Waals surface area contributed by atoms with Crippen molar-refractivity contribution in [3.8, 4) is 0 Å². The zero-order valence-electron chi connectivity index (χ0n) is 11.4. The summed E-state index contributed by atoms with van der Waals surface area (Å²) in [6.45, 7) is 6.50. The number of nitrogens with one attached hydrogen (secondary N) is 1. The van der Waals surface area contributed by atoms with Gasteiger partial charge in [0.2, 0.25) is 0 Å². The van der Waals surface area contributed by atoms with Crippen molar-refractivity contribution in [2.45, 2.75) is 52.4 Å². The molecular weight excluding hydrogens is 210 g/mol. The minimum absolute atomic E-state index is 0.567. The molecule has 1 aromatic rings. The molecule has 3 nitrogen and oxygen atoms in total. The average Bonchev–Trinajstić information content (AvgIpc) is 2.33. The van der Waals surface area contributed by atoms with Crippen molar-refractivity contribution < 1.29 is 0 Å². The van der Waals surface area contributed by atoms with Gasteiger partial charge in [0.1, 0.15) is 11.6 Å². The Morgan fingerprint density at radius 2 is 1.71 bits per heavy atom. The molecule has 1 aromatic heterocycles. The van der Waals surface area contributed by atoms with Gasteiger partial charge >= 0.3 is 0 Å². The lowest BCUT2D eigenvalue weighted by Gasteiger charge is -2.25. The largest absolute Gasteiger partial charge is 0.373 e. The Morgan fingerprint density at radius 3 is 2.29 bits per heavy atom. The van der Waals surface area contributed by atoms with E-state index in [0.29, 0.717) is 5.92 Å². The minimum atomic E-state index is 0.567. The highest BCUT2D eigenvalue weighted by Crippen LogP contribution is 2.34. The van der Waals surface area contributed by atoms with Crippen molar-refractivity contribution in [2.24, 2.45) is 5.92 Å². The molecule has 1 aliphatic rings. The zero-order chi connectivity index (χ0) is 12.4. The van der Waals surface area contributed by atoms with E-state index < -0.39 is 0 Å². The molecule has 2 rings (SSSR count). The molecule has 0 saturated heterocycles. The Kier molecular flexibility index (Phi) is 3.65. The molecule has 0 bridgehead atoms. The molecule has 1 heterocycles. The van der Waals surface area contributed by atoms with Gasteiger partial charge in [-0.05, 0) is 32.6 Å². The molecule has 0 atom stereocenters. The Labute approximate surface area is 104 Å². The SMILES string of the molecule is CNc1nc(C2CCC(C)CC2)nc(C)c1C. The number of anilines is 1. The van der Waals surface area contributed by atoms with Gasteiger partial charge in [0.25, 0.3) is 0 Å². The highest BCUT2D eigenvalue weighted by Gasteiger charge is 2.22. The molecule has 0 radical (unpaired) electrons. The van der Waals surface area contributed by atoms with E-state index in [4.69, 9.17) is 0 Å². The Balaban J connectivity index is 2.24. The van der Waals surface area contributed by atoms with E-state index in [1.807, 2.05) is 7.05 Å². The van der Waals surface area contributed by atoms with Crippen LogP contribution in [-0.4, -0.2) is 17.0 Å². The van der Waals surface area contributed by atoms with E-state index in [-0.39, 0.29) is 0 Å². The highest BCUT2D eigenvalue weighted by atomic mass is 15.0. The number of rotatable bonds is 2. The van der Waals surface area contributed by atoms with Crippen LogP contribution in [0.1, 0.15) is 55.6 Å². The predicted molar refractivity (Wildman–Crippen MR) is 71.4 cm³/mol. The average molecular weight is 233 g/mol. The van der Waals surface area contributed by atoms with Crippen LogP contribution in [0.15, 0.2) is 0 Å². The second-order valence-electron chi connectivity index (χ2n) is 5.35. The van der Waals surface area contributed by atoms with Crippen molar-refractivity contribution >= 4 is 5.82 Å². The molecule has 17 heavy (non-hydrogen) atoms. The molecule has 0 spiro atoms. The van der Waals surface area contributed by atoms with Gasteiger partial charge in [0.05, 0.1) is 0 Å². The maximum Gasteiger partial charge on any atom is 0.134 e. The summed E-state index contributed by atoms with van der Waals surface area (Å²) in [5.74, 6) is 3.48. The third kappa shape index (κ3) is 2.59. The van der Waals surface area contributed by atoms with Crippen molar-refractivity contribution in [1.29, 1.82) is 0 Å². The maximum atomic E-state index is 4.68. The Morgan fingerprint density at radius 1 is 1.06 bits per heavy atom. The van der Waals surface area contributed by atoms with Crippen LogP contribution < -0.4 is 5.32 Å². The number of hydrogen-bond acceptors (Lipinski definition) is 3. The third-order valence-electron chi connectivity index (χ3n) is 4.02. The lowest BCUT2D eigenvalue weighted by atomic mass is 9.82. The van der Waals surface area contributed by atoms with E-state index in [9.17, 15) is 0 Å². The summed E-state index contributed by atoms with van der Waals surface area (Å²) in [5.41, 5.74) is 2.28. The van der Waals surface area contributed by atoms with Gasteiger partial charge in [-0.15, -0.1) is 0 Å². The molecule has 0 amide bonds. The molecule has 1 saturated carbocycles. The van der Waals surface area contributed by atoms with Gasteiger partial charge in [-0.1, -0.05) is 19.8 Å². The quantitative estimate of drug-likeness (QED) is 0.850. The number of aromatic nitrogens is 2. The van der Waals surface area contributed by atoms with Crippen molar-refractivity contribution in [1.82, 2.24) is 9.97 Å². The zero-order valence-corrected chi connectivity index (χ0v) is 11.4. The third-order valence-corrected chi connectivity index (χ3v) is 4.02. The monoisotopic (exact) mass is 233 g/mol. The molecule has 94 valence electrons. The molecular formula is C14H23N3. The summed E-state index contributed by atoms with van der Waals surface area (Å²) in [6, 6.07) is 0. The Hall–Kier alpha value is -1.12. The van der Waals surface area contributed by atoms with Crippen LogP contribution in [0.5, 0.6) is 0 Å². The molecule has 3 heteroatoms. The first-order chi connectivity index (χ1) is 8.11. The lowest BCUT2D eigenvalue weighted by Crippen LogP contribution is -2.15. The molecule has 1 fully saturated rings. The predicted octanol–water partition coefficient (Wildman–Crippen LogP) is 3.43. The summed E-state index contributed by atoms with van der Waals surface area (Å²) in [7, 11) is 1.93. The number of nitrogens with zero attached hydrogens (tertiary/aromatic N) is 2. The van der Waals surface area contributed by atoms with Crippen LogP contribution in [0.2, 0.25) is 0 Å². The van der Waals surface area contributed by atoms with Gasteiger partial charge in [-0.25, -0.2) is 9.97 Å². The van der Waals surface area contributed by atoms with Crippen molar-refractivity contribution in [2.75, 3.05) is 12.4 Å². The van der Waals surface area contributed by atoms with Gasteiger partial charge < -0.3 is 5.32 Å². The lowest BCUT2D eigenvalue weighted by molar-refractivity contribution is 0.339. The number of hydrogen-bond donors (Lipinski definition) is 1. The van der Waals surface area contributed by atoms with Crippen LogP contribution >= 0.6 is 0 Å². The Bertz CT molecular complexity index is 393. The van der Waals surface area contributed by atoms with Crippen LogP contribution in [0.4, 0.5) is 5.82 Å². The van der Waals surface area contributed by atoms with Crippen molar-refractivity contribution in [3.63, 3.8) is 0 Å². The fraction of sp³-hybridized carbons (Fsp3) is 0.714. The summed E-state index contributed by atoms with van der Waals surface area (Å²) >= 11 is 0. The second kappa shape index (κ2) is 5.03. The van der Waals surface area contributed by atoms with E-state index in [1.165, 1.54) is 31.2 Å². The van der Waals surface area contributed by atoms with Crippen LogP contribution in [0, 0.1) is 19.8 Å². The summed E-state index contributed by atoms with van der Waals surface area (Å²) in [6.07, 6.45) is 5.12. The second-order valence-corrected chi connectivity index (χ2v) is 5.35. The van der Waals surface area contributed by atoms with Crippen molar-refractivity contribution in [3.05, 3.63) is 17.1 Å². The fourth-order valence-corrected chi connectivity index (χ4v) is 2.59. The first-order valence-electron chi connectivity index (χ1n) is 6.64. The van der Waals surface area contributed by atoms with Gasteiger partial charge in [0, 0.05) is 24.2 Å². The standard InChI is InChI=1S/C14H23N3/c1-9-5-7-12(8-6-9)14-16-11(3)10(2)13(15-4)17-14/h9,12H,5-8H2,1-4H3,(H,15,16,17). The van der Waals surface area contributed by atoms with Crippen LogP contribution in [0.3, 0.4) is 0 Å². The maximum absolute atomic E-state index is 4.68. The first kappa shape index (κ1) is 12.3. The molecule has 1 N–H and O–H groups in total. The van der Waals surface area contributed by atoms with Crippen LogP contribution in [-0.2, 0) is 0 Å². The normalized spacial score (nSPS) is 24.7. The molecule has 0 aliphatic heterocycles. The number of aryl methyl sites for hydroxylation is 1. The van der Waals surface area contributed by atoms with E-state index in [0.717, 1.165) is 23.3 Å². The van der Waals surface area contributed by atoms with E-state index >= 15 is 0 Å². The minimum Gasteiger partial charge on any atom is -0.373 e. The summed E-state index contributed by atoms with van der Waals surface area (Å²) in [4.78, 5) is 9.36. The van der Waals surface area contributed by atoms with Gasteiger partial charge in [-0.3, -0.25) is 0 Å². The van der Waals surface area contributed by atoms with Gasteiger partial charge in [0.15, 0.2) is 0 Å². The summed E-state index contributed by atoms with van der Waals surface area (Å²) < 4.78 is 0. The first-order valence-corrected chi connectivity index (χ1v) is 6.64. The van der Waals surface area contributed by atoms with E-state index in [2.05, 4.69) is 36.1 Å². The van der Waals surface area contributed by atoms with Crippen LogP contribution in [0.25, 0.3) is 0 Å².